The van der Waals surface area contributed by atoms with Gasteiger partial charge in [0.1, 0.15) is 0 Å². The molecule has 144 valence electrons. The number of halogens is 1. The average molecular weight is 414 g/mol. The van der Waals surface area contributed by atoms with Crippen molar-refractivity contribution in [1.29, 1.82) is 0 Å². The van der Waals surface area contributed by atoms with E-state index < -0.39 is 12.1 Å². The Kier molecular flexibility index (Phi) is 6.60. The molecule has 0 bridgehead atoms. The van der Waals surface area contributed by atoms with Crippen molar-refractivity contribution in [3.8, 4) is 0 Å². The first-order valence-electron chi connectivity index (χ1n) is 8.73. The molecule has 0 aliphatic carbocycles. The number of thioether (sulfide) groups is 1. The lowest BCUT2D eigenvalue weighted by Gasteiger charge is -2.21. The Morgan fingerprint density at radius 3 is 2.36 bits per heavy atom. The lowest BCUT2D eigenvalue weighted by molar-refractivity contribution is -0.157. The fraction of sp³-hybridized carbons (Fsp3) is 0.182. The van der Waals surface area contributed by atoms with E-state index in [1.807, 2.05) is 54.6 Å². The molecule has 4 nitrogen and oxygen atoms in total. The van der Waals surface area contributed by atoms with Crippen LogP contribution in [0.3, 0.4) is 0 Å². The van der Waals surface area contributed by atoms with Gasteiger partial charge in [-0.25, -0.2) is 0 Å². The second-order valence-corrected chi connectivity index (χ2v) is 7.82. The number of carbonyl (C=O) groups excluding carboxylic acids is 2. The molecule has 0 aliphatic rings. The van der Waals surface area contributed by atoms with Crippen LogP contribution in [0.15, 0.2) is 71.6 Å². The molecule has 6 heteroatoms. The maximum Gasteiger partial charge on any atom is 0.317 e. The number of nitrogens with zero attached hydrogens (tertiary/aromatic N) is 1. The monoisotopic (exact) mass is 413 g/mol. The van der Waals surface area contributed by atoms with Gasteiger partial charge in [0.2, 0.25) is 6.10 Å². The first kappa shape index (κ1) is 20.2. The van der Waals surface area contributed by atoms with Crippen molar-refractivity contribution >= 4 is 46.0 Å². The SMILES string of the molecule is CN(C)C(=O)[C@@H](OC(=O)CSc1cccc2cccc(Cl)c12)c1ccccc1. The van der Waals surface area contributed by atoms with Gasteiger partial charge >= 0.3 is 5.97 Å². The maximum atomic E-state index is 12.5. The Hall–Kier alpha value is -2.50. The van der Waals surface area contributed by atoms with Crippen LogP contribution in [0.1, 0.15) is 11.7 Å². The molecule has 1 atom stereocenters. The number of carbonyl (C=O) groups is 2. The Morgan fingerprint density at radius 2 is 1.68 bits per heavy atom. The molecule has 0 unspecified atom stereocenters. The largest absolute Gasteiger partial charge is 0.447 e. The summed E-state index contributed by atoms with van der Waals surface area (Å²) in [6, 6.07) is 20.5. The van der Waals surface area contributed by atoms with E-state index in [1.165, 1.54) is 16.7 Å². The van der Waals surface area contributed by atoms with Gasteiger partial charge < -0.3 is 9.64 Å². The van der Waals surface area contributed by atoms with Gasteiger partial charge in [0.15, 0.2) is 0 Å². The molecule has 0 radical (unpaired) electrons. The van der Waals surface area contributed by atoms with E-state index in [0.29, 0.717) is 10.6 Å². The van der Waals surface area contributed by atoms with E-state index in [0.717, 1.165) is 15.7 Å². The van der Waals surface area contributed by atoms with Crippen molar-refractivity contribution in [2.24, 2.45) is 0 Å². The molecule has 1 amide bonds. The van der Waals surface area contributed by atoms with Crippen LogP contribution < -0.4 is 0 Å². The third kappa shape index (κ3) is 4.66. The number of hydrogen-bond acceptors (Lipinski definition) is 4. The first-order valence-corrected chi connectivity index (χ1v) is 10.1. The van der Waals surface area contributed by atoms with Crippen molar-refractivity contribution in [3.05, 3.63) is 77.3 Å². The van der Waals surface area contributed by atoms with E-state index in [2.05, 4.69) is 0 Å². The smallest absolute Gasteiger partial charge is 0.317 e. The number of esters is 1. The van der Waals surface area contributed by atoms with Crippen molar-refractivity contribution in [1.82, 2.24) is 4.90 Å². The van der Waals surface area contributed by atoms with Gasteiger partial charge in [-0.3, -0.25) is 9.59 Å². The molecule has 3 rings (SSSR count). The summed E-state index contributed by atoms with van der Waals surface area (Å²) in [5.74, 6) is -0.662. The number of benzene rings is 3. The number of fused-ring (bicyclic) bond motifs is 1. The predicted molar refractivity (Wildman–Crippen MR) is 114 cm³/mol. The third-order valence-electron chi connectivity index (χ3n) is 4.18. The molecule has 0 aliphatic heterocycles. The van der Waals surface area contributed by atoms with E-state index in [1.54, 1.807) is 26.2 Å². The van der Waals surface area contributed by atoms with Crippen LogP contribution in [0.4, 0.5) is 0 Å². The number of hydrogen-bond donors (Lipinski definition) is 0. The molecule has 0 spiro atoms. The van der Waals surface area contributed by atoms with Crippen molar-refractivity contribution in [2.75, 3.05) is 19.8 Å². The molecule has 3 aromatic carbocycles. The number of likely N-dealkylation sites (N-methyl/N-ethyl adjacent to an activating group) is 1. The van der Waals surface area contributed by atoms with Gasteiger partial charge in [-0.15, -0.1) is 11.8 Å². The molecular weight excluding hydrogens is 394 g/mol. The Bertz CT molecular complexity index is 986. The number of ether oxygens (including phenoxy) is 1. The zero-order chi connectivity index (χ0) is 20.1. The summed E-state index contributed by atoms with van der Waals surface area (Å²) in [7, 11) is 3.28. The lowest BCUT2D eigenvalue weighted by Crippen LogP contribution is -2.31. The fourth-order valence-electron chi connectivity index (χ4n) is 2.81. The van der Waals surface area contributed by atoms with Crippen LogP contribution in [0.2, 0.25) is 5.02 Å². The van der Waals surface area contributed by atoms with Crippen molar-refractivity contribution in [2.45, 2.75) is 11.0 Å². The summed E-state index contributed by atoms with van der Waals surface area (Å²) in [6.07, 6.45) is -0.958. The normalized spacial score (nSPS) is 11.8. The minimum atomic E-state index is -0.958. The molecule has 0 fully saturated rings. The highest BCUT2D eigenvalue weighted by Gasteiger charge is 2.26. The highest BCUT2D eigenvalue weighted by Crippen LogP contribution is 2.33. The van der Waals surface area contributed by atoms with E-state index >= 15 is 0 Å². The van der Waals surface area contributed by atoms with Crippen molar-refractivity contribution in [3.63, 3.8) is 0 Å². The van der Waals surface area contributed by atoms with Gasteiger partial charge in [-0.05, 0) is 17.5 Å². The highest BCUT2D eigenvalue weighted by molar-refractivity contribution is 8.00. The van der Waals surface area contributed by atoms with E-state index in [-0.39, 0.29) is 11.7 Å². The summed E-state index contributed by atoms with van der Waals surface area (Å²) < 4.78 is 5.54. The van der Waals surface area contributed by atoms with Crippen LogP contribution in [-0.4, -0.2) is 36.6 Å². The Balaban J connectivity index is 1.75. The molecule has 0 saturated carbocycles. The molecule has 0 saturated heterocycles. The zero-order valence-corrected chi connectivity index (χ0v) is 17.2. The quantitative estimate of drug-likeness (QED) is 0.423. The number of amides is 1. The van der Waals surface area contributed by atoms with E-state index in [9.17, 15) is 9.59 Å². The standard InChI is InChI=1S/C22H20ClNO3S/c1-24(2)22(26)21(16-8-4-3-5-9-16)27-19(25)14-28-18-13-7-11-15-10-6-12-17(23)20(15)18/h3-13,21H,14H2,1-2H3/t21-/m0/s1. The number of rotatable bonds is 6. The minimum Gasteiger partial charge on any atom is -0.447 e. The summed E-state index contributed by atoms with van der Waals surface area (Å²) in [5, 5.41) is 2.56. The maximum absolute atomic E-state index is 12.5. The Labute approximate surface area is 173 Å². The third-order valence-corrected chi connectivity index (χ3v) is 5.52. The second kappa shape index (κ2) is 9.13. The Morgan fingerprint density at radius 1 is 1.00 bits per heavy atom. The average Bonchev–Trinajstić information content (AvgIpc) is 2.70. The summed E-state index contributed by atoms with van der Waals surface area (Å²) in [4.78, 5) is 27.3. The van der Waals surface area contributed by atoms with E-state index in [4.69, 9.17) is 16.3 Å². The van der Waals surface area contributed by atoms with Crippen LogP contribution >= 0.6 is 23.4 Å². The topological polar surface area (TPSA) is 46.6 Å². The van der Waals surface area contributed by atoms with Gasteiger partial charge in [0, 0.05) is 35.0 Å². The molecule has 0 heterocycles. The predicted octanol–water partition coefficient (Wildman–Crippen LogP) is 4.96. The second-order valence-electron chi connectivity index (χ2n) is 6.40. The molecule has 0 aromatic heterocycles. The van der Waals surface area contributed by atoms with Gasteiger partial charge in [-0.2, -0.15) is 0 Å². The molecular formula is C22H20ClNO3S. The first-order chi connectivity index (χ1) is 13.5. The fourth-order valence-corrected chi connectivity index (χ4v) is 4.04. The van der Waals surface area contributed by atoms with Crippen molar-refractivity contribution < 1.29 is 14.3 Å². The van der Waals surface area contributed by atoms with Crippen LogP contribution in [0.25, 0.3) is 10.8 Å². The van der Waals surface area contributed by atoms with Crippen LogP contribution in [0, 0.1) is 0 Å². The molecule has 0 N–H and O–H groups in total. The summed E-state index contributed by atoms with van der Waals surface area (Å²) >= 11 is 7.68. The van der Waals surface area contributed by atoms with Gasteiger partial charge in [-0.1, -0.05) is 66.2 Å². The van der Waals surface area contributed by atoms with Crippen LogP contribution in [-0.2, 0) is 14.3 Å². The molecule has 3 aromatic rings. The van der Waals surface area contributed by atoms with Gasteiger partial charge in [0.05, 0.1) is 5.75 Å². The zero-order valence-electron chi connectivity index (χ0n) is 15.6. The summed E-state index contributed by atoms with van der Waals surface area (Å²) in [5.41, 5.74) is 0.646. The lowest BCUT2D eigenvalue weighted by atomic mass is 10.1. The molecule has 28 heavy (non-hydrogen) atoms. The minimum absolute atomic E-state index is 0.0778. The summed E-state index contributed by atoms with van der Waals surface area (Å²) in [6.45, 7) is 0. The highest BCUT2D eigenvalue weighted by atomic mass is 35.5. The van der Waals surface area contributed by atoms with Crippen LogP contribution in [0.5, 0.6) is 0 Å². The van der Waals surface area contributed by atoms with Gasteiger partial charge in [0.25, 0.3) is 5.91 Å².